The van der Waals surface area contributed by atoms with Crippen molar-refractivity contribution in [2.24, 2.45) is 5.73 Å². The highest BCUT2D eigenvalue weighted by Crippen LogP contribution is 2.33. The maximum atomic E-state index is 11.6. The topological polar surface area (TPSA) is 105 Å². The minimum absolute atomic E-state index is 0.0275. The van der Waals surface area contributed by atoms with E-state index in [-0.39, 0.29) is 11.5 Å². The van der Waals surface area contributed by atoms with Gasteiger partial charge in [-0.15, -0.1) is 0 Å². The molecule has 1 heterocycles. The Labute approximate surface area is 91.5 Å². The Kier molecular flexibility index (Phi) is 2.35. The van der Waals surface area contributed by atoms with E-state index in [0.717, 1.165) is 0 Å². The molecule has 1 saturated carbocycles. The smallest absolute Gasteiger partial charge is 0.337 e. The number of aromatic carboxylic acids is 1. The van der Waals surface area contributed by atoms with Crippen LogP contribution in [0.15, 0.2) is 18.5 Å². The molecule has 1 aromatic heterocycles. The zero-order chi connectivity index (χ0) is 11.8. The number of carboxylic acids is 1. The molecule has 16 heavy (non-hydrogen) atoms. The van der Waals surface area contributed by atoms with Crippen LogP contribution >= 0.6 is 0 Å². The van der Waals surface area contributed by atoms with Crippen LogP contribution in [0.2, 0.25) is 0 Å². The normalized spacial score (nSPS) is 16.6. The van der Waals surface area contributed by atoms with Gasteiger partial charge in [-0.05, 0) is 18.9 Å². The van der Waals surface area contributed by atoms with E-state index in [2.05, 4.69) is 10.3 Å². The van der Waals surface area contributed by atoms with Crippen LogP contribution < -0.4 is 11.1 Å². The number of aromatic nitrogens is 1. The van der Waals surface area contributed by atoms with Gasteiger partial charge in [0.05, 0.1) is 23.0 Å². The number of hydrogen-bond acceptors (Lipinski definition) is 4. The summed E-state index contributed by atoms with van der Waals surface area (Å²) in [5.41, 5.74) is 5.28. The van der Waals surface area contributed by atoms with Crippen molar-refractivity contribution in [3.05, 3.63) is 24.0 Å². The van der Waals surface area contributed by atoms with Crippen LogP contribution in [0.4, 0.5) is 5.69 Å². The van der Waals surface area contributed by atoms with Crippen LogP contribution in [0.25, 0.3) is 0 Å². The van der Waals surface area contributed by atoms with E-state index >= 15 is 0 Å². The Bertz CT molecular complexity index is 454. The van der Waals surface area contributed by atoms with Gasteiger partial charge in [-0.3, -0.25) is 9.78 Å². The predicted octanol–water partition coefficient (Wildman–Crippen LogP) is 0.210. The second kappa shape index (κ2) is 3.57. The molecule has 6 heteroatoms. The van der Waals surface area contributed by atoms with E-state index in [0.29, 0.717) is 18.5 Å². The third-order valence-electron chi connectivity index (χ3n) is 2.48. The predicted molar refractivity (Wildman–Crippen MR) is 56.0 cm³/mol. The zero-order valence-corrected chi connectivity index (χ0v) is 8.43. The highest BCUT2D eigenvalue weighted by atomic mass is 16.4. The van der Waals surface area contributed by atoms with Crippen molar-refractivity contribution in [1.82, 2.24) is 4.98 Å². The largest absolute Gasteiger partial charge is 0.478 e. The molecule has 0 aromatic carbocycles. The first-order valence-electron chi connectivity index (χ1n) is 4.80. The van der Waals surface area contributed by atoms with Gasteiger partial charge in [0.1, 0.15) is 0 Å². The van der Waals surface area contributed by atoms with E-state index in [4.69, 9.17) is 10.8 Å². The molecule has 6 nitrogen and oxygen atoms in total. The average Bonchev–Trinajstić information content (AvgIpc) is 2.98. The Morgan fingerprint density at radius 2 is 2.12 bits per heavy atom. The molecule has 0 aliphatic heterocycles. The summed E-state index contributed by atoms with van der Waals surface area (Å²) in [5.74, 6) is -1.38. The van der Waals surface area contributed by atoms with Crippen molar-refractivity contribution in [2.45, 2.75) is 18.4 Å². The lowest BCUT2D eigenvalue weighted by atomic mass is 10.2. The van der Waals surface area contributed by atoms with E-state index in [9.17, 15) is 9.59 Å². The summed E-state index contributed by atoms with van der Waals surface area (Å²) in [5, 5.41) is 11.3. The van der Waals surface area contributed by atoms with Gasteiger partial charge in [0.15, 0.2) is 0 Å². The molecule has 84 valence electrons. The summed E-state index contributed by atoms with van der Waals surface area (Å²) in [4.78, 5) is 26.0. The molecule has 1 amide bonds. The third-order valence-corrected chi connectivity index (χ3v) is 2.48. The van der Waals surface area contributed by atoms with Gasteiger partial charge < -0.3 is 16.2 Å². The first kappa shape index (κ1) is 10.6. The molecule has 4 N–H and O–H groups in total. The molecule has 0 saturated heterocycles. The fourth-order valence-electron chi connectivity index (χ4n) is 1.24. The molecule has 0 spiro atoms. The quantitative estimate of drug-likeness (QED) is 0.676. The molecule has 0 atom stereocenters. The fraction of sp³-hybridized carbons (Fsp3) is 0.300. The molecule has 0 radical (unpaired) electrons. The number of amides is 1. The van der Waals surface area contributed by atoms with Crippen molar-refractivity contribution in [3.8, 4) is 0 Å². The first-order valence-corrected chi connectivity index (χ1v) is 4.80. The molecule has 1 aromatic rings. The highest BCUT2D eigenvalue weighted by molar-refractivity contribution is 6.00. The number of carbonyl (C=O) groups is 2. The number of pyridine rings is 1. The van der Waals surface area contributed by atoms with Crippen LogP contribution in [0.5, 0.6) is 0 Å². The second-order valence-electron chi connectivity index (χ2n) is 3.88. The minimum atomic E-state index is -1.09. The van der Waals surface area contributed by atoms with Crippen LogP contribution in [-0.4, -0.2) is 27.5 Å². The lowest BCUT2D eigenvalue weighted by Crippen LogP contribution is -2.37. The lowest BCUT2D eigenvalue weighted by Gasteiger charge is -2.09. The number of nitrogens with one attached hydrogen (secondary N) is 1. The number of carboxylic acid groups (broad SMARTS) is 1. The Balaban J connectivity index is 2.12. The van der Waals surface area contributed by atoms with Gasteiger partial charge in [0, 0.05) is 6.20 Å². The number of carbonyl (C=O) groups excluding carboxylic acids is 1. The lowest BCUT2D eigenvalue weighted by molar-refractivity contribution is -0.118. The van der Waals surface area contributed by atoms with Gasteiger partial charge in [-0.1, -0.05) is 0 Å². The van der Waals surface area contributed by atoms with Crippen molar-refractivity contribution in [3.63, 3.8) is 0 Å². The highest BCUT2D eigenvalue weighted by Gasteiger charge is 2.45. The summed E-state index contributed by atoms with van der Waals surface area (Å²) < 4.78 is 0. The molecule has 1 aliphatic rings. The van der Waals surface area contributed by atoms with Gasteiger partial charge >= 0.3 is 5.97 Å². The van der Waals surface area contributed by atoms with Crippen molar-refractivity contribution < 1.29 is 14.7 Å². The third kappa shape index (κ3) is 2.01. The molecule has 0 unspecified atom stereocenters. The van der Waals surface area contributed by atoms with Crippen LogP contribution in [0.3, 0.4) is 0 Å². The molecular formula is C10H11N3O3. The number of hydrogen-bond donors (Lipinski definition) is 3. The number of anilines is 1. The Morgan fingerprint density at radius 3 is 2.69 bits per heavy atom. The van der Waals surface area contributed by atoms with Crippen molar-refractivity contribution in [2.75, 3.05) is 5.32 Å². The van der Waals surface area contributed by atoms with Gasteiger partial charge in [-0.25, -0.2) is 4.79 Å². The summed E-state index contributed by atoms with van der Waals surface area (Å²) in [6.45, 7) is 0. The Hall–Kier alpha value is -1.95. The van der Waals surface area contributed by atoms with E-state index in [1.807, 2.05) is 0 Å². The second-order valence-corrected chi connectivity index (χ2v) is 3.88. The van der Waals surface area contributed by atoms with E-state index in [1.54, 1.807) is 0 Å². The average molecular weight is 221 g/mol. The number of nitrogens with zero attached hydrogens (tertiary/aromatic N) is 1. The number of nitrogens with two attached hydrogens (primary N) is 1. The van der Waals surface area contributed by atoms with Crippen LogP contribution in [0.1, 0.15) is 23.2 Å². The molecule has 0 bridgehead atoms. The maximum Gasteiger partial charge on any atom is 0.337 e. The van der Waals surface area contributed by atoms with E-state index in [1.165, 1.54) is 18.5 Å². The SMILES string of the molecule is NC1(C(=O)Nc2cncc(C(=O)O)c2)CC1. The summed E-state index contributed by atoms with van der Waals surface area (Å²) in [6.07, 6.45) is 3.92. The molecular weight excluding hydrogens is 210 g/mol. The van der Waals surface area contributed by atoms with E-state index < -0.39 is 11.5 Å². The van der Waals surface area contributed by atoms with Gasteiger partial charge in [-0.2, -0.15) is 0 Å². The van der Waals surface area contributed by atoms with Gasteiger partial charge in [0.25, 0.3) is 0 Å². The van der Waals surface area contributed by atoms with Crippen LogP contribution in [-0.2, 0) is 4.79 Å². The molecule has 1 fully saturated rings. The van der Waals surface area contributed by atoms with Crippen LogP contribution in [0, 0.1) is 0 Å². The number of rotatable bonds is 3. The van der Waals surface area contributed by atoms with Crippen molar-refractivity contribution in [1.29, 1.82) is 0 Å². The zero-order valence-electron chi connectivity index (χ0n) is 8.43. The first-order chi connectivity index (χ1) is 7.51. The minimum Gasteiger partial charge on any atom is -0.478 e. The Morgan fingerprint density at radius 1 is 1.44 bits per heavy atom. The summed E-state index contributed by atoms with van der Waals surface area (Å²) >= 11 is 0. The fourth-order valence-corrected chi connectivity index (χ4v) is 1.24. The van der Waals surface area contributed by atoms with Gasteiger partial charge in [0.2, 0.25) is 5.91 Å². The molecule has 1 aliphatic carbocycles. The molecule has 2 rings (SSSR count). The van der Waals surface area contributed by atoms with Crippen molar-refractivity contribution >= 4 is 17.6 Å². The summed E-state index contributed by atoms with van der Waals surface area (Å²) in [7, 11) is 0. The standard InChI is InChI=1S/C10H11N3O3/c11-10(1-2-10)9(16)13-7-3-6(8(14)15)4-12-5-7/h3-5H,1-2,11H2,(H,13,16)(H,14,15). The maximum absolute atomic E-state index is 11.6. The monoisotopic (exact) mass is 221 g/mol. The summed E-state index contributed by atoms with van der Waals surface area (Å²) in [6, 6.07) is 1.35.